The molecule has 5 heteroatoms. The highest BCUT2D eigenvalue weighted by atomic mass is 16.5. The molecule has 1 unspecified atom stereocenters. The van der Waals surface area contributed by atoms with E-state index in [9.17, 15) is 9.59 Å². The van der Waals surface area contributed by atoms with Crippen LogP contribution in [0.15, 0.2) is 0 Å². The van der Waals surface area contributed by atoms with Crippen molar-refractivity contribution in [2.75, 3.05) is 6.61 Å². The number of carbonyl (C=O) groups excluding carboxylic acids is 2. The first-order valence-electron chi connectivity index (χ1n) is 7.71. The monoisotopic (exact) mass is 282 g/mol. The Morgan fingerprint density at radius 2 is 1.80 bits per heavy atom. The average Bonchev–Trinajstić information content (AvgIpc) is 3.24. The van der Waals surface area contributed by atoms with E-state index >= 15 is 0 Å². The van der Waals surface area contributed by atoms with E-state index in [-0.39, 0.29) is 23.8 Å². The molecule has 0 aromatic rings. The number of amides is 1. The van der Waals surface area contributed by atoms with Gasteiger partial charge in [0.1, 0.15) is 0 Å². The Labute approximate surface area is 120 Å². The van der Waals surface area contributed by atoms with Gasteiger partial charge >= 0.3 is 5.97 Å². The van der Waals surface area contributed by atoms with Gasteiger partial charge in [0, 0.05) is 6.04 Å². The predicted octanol–water partition coefficient (Wildman–Crippen LogP) is 1.35. The van der Waals surface area contributed by atoms with Gasteiger partial charge in [0.2, 0.25) is 5.91 Å². The lowest BCUT2D eigenvalue weighted by Crippen LogP contribution is -2.56. The van der Waals surface area contributed by atoms with E-state index in [1.165, 1.54) is 0 Å². The molecule has 0 saturated heterocycles. The van der Waals surface area contributed by atoms with Crippen molar-refractivity contribution in [1.29, 1.82) is 0 Å². The zero-order valence-corrected chi connectivity index (χ0v) is 12.5. The van der Waals surface area contributed by atoms with Crippen LogP contribution in [0.2, 0.25) is 0 Å². The molecule has 0 heterocycles. The first kappa shape index (κ1) is 15.3. The van der Waals surface area contributed by atoms with Gasteiger partial charge in [0.05, 0.1) is 18.1 Å². The fourth-order valence-corrected chi connectivity index (χ4v) is 2.94. The summed E-state index contributed by atoms with van der Waals surface area (Å²) in [5.74, 6) is 0.188. The third-order valence-corrected chi connectivity index (χ3v) is 4.60. The van der Waals surface area contributed by atoms with E-state index in [1.54, 1.807) is 0 Å². The Morgan fingerprint density at radius 1 is 1.20 bits per heavy atom. The number of nitrogens with one attached hydrogen (secondary N) is 1. The Hall–Kier alpha value is -1.10. The molecule has 0 radical (unpaired) electrons. The second-order valence-electron chi connectivity index (χ2n) is 6.33. The van der Waals surface area contributed by atoms with E-state index in [4.69, 9.17) is 10.5 Å². The van der Waals surface area contributed by atoms with Crippen molar-refractivity contribution in [3.05, 3.63) is 0 Å². The van der Waals surface area contributed by atoms with Crippen LogP contribution in [0.3, 0.4) is 0 Å². The topological polar surface area (TPSA) is 81.4 Å². The number of hydrogen-bond donors (Lipinski definition) is 2. The lowest BCUT2D eigenvalue weighted by molar-refractivity contribution is -0.149. The number of ether oxygens (including phenoxy) is 1. The van der Waals surface area contributed by atoms with E-state index in [0.29, 0.717) is 12.5 Å². The third-order valence-electron chi connectivity index (χ3n) is 4.60. The maximum absolute atomic E-state index is 12.2. The molecule has 0 spiro atoms. The minimum Gasteiger partial charge on any atom is -0.466 e. The van der Waals surface area contributed by atoms with Crippen molar-refractivity contribution in [2.24, 2.45) is 17.6 Å². The van der Waals surface area contributed by atoms with Crippen molar-refractivity contribution in [2.45, 2.75) is 64.0 Å². The van der Waals surface area contributed by atoms with Gasteiger partial charge < -0.3 is 15.8 Å². The first-order chi connectivity index (χ1) is 9.45. The lowest BCUT2D eigenvalue weighted by Gasteiger charge is -2.31. The number of carbonyl (C=O) groups is 2. The Morgan fingerprint density at radius 3 is 2.30 bits per heavy atom. The fourth-order valence-electron chi connectivity index (χ4n) is 2.94. The van der Waals surface area contributed by atoms with E-state index in [1.807, 2.05) is 13.8 Å². The van der Waals surface area contributed by atoms with Gasteiger partial charge in [0.15, 0.2) is 0 Å². The summed E-state index contributed by atoms with van der Waals surface area (Å²) in [7, 11) is 0. The average molecular weight is 282 g/mol. The lowest BCUT2D eigenvalue weighted by atomic mass is 9.85. The SMILES string of the molecule is CCOC(=O)C1CCC(NC(=O)C(C)(N)C2CC2)CC1. The molecular formula is C15H26N2O3. The second-order valence-corrected chi connectivity index (χ2v) is 6.33. The molecule has 1 atom stereocenters. The van der Waals surface area contributed by atoms with Crippen LogP contribution in [0.25, 0.3) is 0 Å². The normalized spacial score (nSPS) is 29.4. The molecule has 1 amide bonds. The van der Waals surface area contributed by atoms with Gasteiger partial charge in [-0.25, -0.2) is 0 Å². The van der Waals surface area contributed by atoms with E-state index in [0.717, 1.165) is 38.5 Å². The quantitative estimate of drug-likeness (QED) is 0.746. The molecular weight excluding hydrogens is 256 g/mol. The van der Waals surface area contributed by atoms with Gasteiger partial charge in [0.25, 0.3) is 0 Å². The van der Waals surface area contributed by atoms with Crippen LogP contribution < -0.4 is 11.1 Å². The highest BCUT2D eigenvalue weighted by Gasteiger charge is 2.44. The van der Waals surface area contributed by atoms with Crippen molar-refractivity contribution in [3.63, 3.8) is 0 Å². The van der Waals surface area contributed by atoms with Crippen LogP contribution in [0, 0.1) is 11.8 Å². The highest BCUT2D eigenvalue weighted by molar-refractivity contribution is 5.86. The summed E-state index contributed by atoms with van der Waals surface area (Å²) in [5.41, 5.74) is 5.37. The summed E-state index contributed by atoms with van der Waals surface area (Å²) >= 11 is 0. The fraction of sp³-hybridized carbons (Fsp3) is 0.867. The summed E-state index contributed by atoms with van der Waals surface area (Å²) in [5, 5.41) is 3.06. The van der Waals surface area contributed by atoms with Crippen LogP contribution in [0.1, 0.15) is 52.4 Å². The standard InChI is InChI=1S/C15H26N2O3/c1-3-20-13(18)10-4-8-12(9-5-10)17-14(19)15(2,16)11-6-7-11/h10-12H,3-9,16H2,1-2H3,(H,17,19). The van der Waals surface area contributed by atoms with Gasteiger partial charge in [-0.05, 0) is 58.3 Å². The minimum absolute atomic E-state index is 0.00389. The van der Waals surface area contributed by atoms with Crippen molar-refractivity contribution in [3.8, 4) is 0 Å². The molecule has 2 aliphatic rings. The summed E-state index contributed by atoms with van der Waals surface area (Å²) in [6.45, 7) is 4.08. The molecule has 0 aromatic carbocycles. The van der Waals surface area contributed by atoms with Crippen molar-refractivity contribution >= 4 is 11.9 Å². The molecule has 2 saturated carbocycles. The number of hydrogen-bond acceptors (Lipinski definition) is 4. The number of nitrogens with two attached hydrogens (primary N) is 1. The Kier molecular flexibility index (Phi) is 4.68. The zero-order valence-electron chi connectivity index (χ0n) is 12.5. The molecule has 0 aliphatic heterocycles. The summed E-state index contributed by atoms with van der Waals surface area (Å²) in [4.78, 5) is 23.9. The van der Waals surface area contributed by atoms with Gasteiger partial charge in [-0.2, -0.15) is 0 Å². The molecule has 0 aromatic heterocycles. The number of rotatable bonds is 5. The van der Waals surface area contributed by atoms with Crippen LogP contribution in [0.4, 0.5) is 0 Å². The first-order valence-corrected chi connectivity index (χ1v) is 7.71. The summed E-state index contributed by atoms with van der Waals surface area (Å²) < 4.78 is 5.05. The number of esters is 1. The molecule has 114 valence electrons. The highest BCUT2D eigenvalue weighted by Crippen LogP contribution is 2.38. The van der Waals surface area contributed by atoms with E-state index in [2.05, 4.69) is 5.32 Å². The zero-order chi connectivity index (χ0) is 14.8. The van der Waals surface area contributed by atoms with Crippen LogP contribution in [-0.2, 0) is 14.3 Å². The largest absolute Gasteiger partial charge is 0.466 e. The second kappa shape index (κ2) is 6.12. The summed E-state index contributed by atoms with van der Waals surface area (Å²) in [6, 6.07) is 0.148. The van der Waals surface area contributed by atoms with Crippen LogP contribution >= 0.6 is 0 Å². The predicted molar refractivity (Wildman–Crippen MR) is 75.8 cm³/mol. The van der Waals surface area contributed by atoms with Crippen molar-refractivity contribution < 1.29 is 14.3 Å². The molecule has 2 aliphatic carbocycles. The molecule has 2 rings (SSSR count). The molecule has 2 fully saturated rings. The molecule has 20 heavy (non-hydrogen) atoms. The van der Waals surface area contributed by atoms with Crippen molar-refractivity contribution in [1.82, 2.24) is 5.32 Å². The van der Waals surface area contributed by atoms with Gasteiger partial charge in [-0.15, -0.1) is 0 Å². The van der Waals surface area contributed by atoms with E-state index < -0.39 is 5.54 Å². The van der Waals surface area contributed by atoms with Gasteiger partial charge in [-0.1, -0.05) is 0 Å². The minimum atomic E-state index is -0.738. The van der Waals surface area contributed by atoms with Gasteiger partial charge in [-0.3, -0.25) is 9.59 Å². The smallest absolute Gasteiger partial charge is 0.308 e. The maximum Gasteiger partial charge on any atom is 0.308 e. The third kappa shape index (κ3) is 3.51. The Bertz CT molecular complexity index is 369. The Balaban J connectivity index is 1.77. The summed E-state index contributed by atoms with van der Waals surface area (Å²) in [6.07, 6.45) is 5.33. The molecule has 0 bridgehead atoms. The maximum atomic E-state index is 12.2. The molecule has 3 N–H and O–H groups in total. The van der Waals surface area contributed by atoms with Crippen LogP contribution in [0.5, 0.6) is 0 Å². The van der Waals surface area contributed by atoms with Crippen LogP contribution in [-0.4, -0.2) is 30.1 Å². The molecule has 5 nitrogen and oxygen atoms in total.